The summed E-state index contributed by atoms with van der Waals surface area (Å²) >= 11 is 0. The summed E-state index contributed by atoms with van der Waals surface area (Å²) in [4.78, 5) is 12.2. The lowest BCUT2D eigenvalue weighted by molar-refractivity contribution is -0.146. The van der Waals surface area contributed by atoms with Gasteiger partial charge in [-0.3, -0.25) is 4.79 Å². The molecule has 0 aromatic rings. The van der Waals surface area contributed by atoms with Gasteiger partial charge in [-0.15, -0.1) is 0 Å². The lowest BCUT2D eigenvalue weighted by Crippen LogP contribution is -2.47. The van der Waals surface area contributed by atoms with Gasteiger partial charge in [-0.05, 0) is 48.3 Å². The third-order valence-electron chi connectivity index (χ3n) is 6.38. The van der Waals surface area contributed by atoms with Gasteiger partial charge in [0.2, 0.25) is 0 Å². The number of carbonyl (C=O) groups excluding carboxylic acids is 1. The number of hydrogen-bond donors (Lipinski definition) is 0. The number of rotatable bonds is 0. The first kappa shape index (κ1) is 9.32. The van der Waals surface area contributed by atoms with Gasteiger partial charge < -0.3 is 4.74 Å². The van der Waals surface area contributed by atoms with Crippen LogP contribution in [0.2, 0.25) is 0 Å². The zero-order valence-corrected chi connectivity index (χ0v) is 9.92. The molecule has 2 heteroatoms. The van der Waals surface area contributed by atoms with E-state index in [0.717, 1.165) is 23.7 Å². The molecule has 5 rings (SSSR count). The Hall–Kier alpha value is -0.630. The molecule has 4 bridgehead atoms. The monoisotopic (exact) mass is 230 g/mol. The summed E-state index contributed by atoms with van der Waals surface area (Å²) in [5.41, 5.74) is 0. The lowest BCUT2D eigenvalue weighted by atomic mass is 9.66. The van der Waals surface area contributed by atoms with Gasteiger partial charge in [-0.1, -0.05) is 12.2 Å². The average Bonchev–Trinajstić information content (AvgIpc) is 3.07. The molecule has 5 aliphatic rings. The van der Waals surface area contributed by atoms with Crippen molar-refractivity contribution >= 4 is 5.78 Å². The Kier molecular flexibility index (Phi) is 1.56. The van der Waals surface area contributed by atoms with Crippen molar-refractivity contribution in [1.82, 2.24) is 0 Å². The molecule has 4 fully saturated rings. The van der Waals surface area contributed by atoms with Crippen molar-refractivity contribution < 1.29 is 9.53 Å². The van der Waals surface area contributed by atoms with Crippen LogP contribution in [0, 0.1) is 41.4 Å². The SMILES string of the molecule is O=C1CCOC2C3CC(C12)C1C2C=CC(C2)C31. The van der Waals surface area contributed by atoms with Crippen LogP contribution in [0.1, 0.15) is 19.3 Å². The molecular weight excluding hydrogens is 212 g/mol. The van der Waals surface area contributed by atoms with E-state index in [1.54, 1.807) is 0 Å². The number of Topliss-reactive ketones (excluding diaryl/α,β-unsaturated/α-hetero) is 1. The van der Waals surface area contributed by atoms with Crippen molar-refractivity contribution in [3.8, 4) is 0 Å². The van der Waals surface area contributed by atoms with Crippen molar-refractivity contribution in [3.63, 3.8) is 0 Å². The molecule has 1 aliphatic heterocycles. The average molecular weight is 230 g/mol. The smallest absolute Gasteiger partial charge is 0.141 e. The minimum Gasteiger partial charge on any atom is -0.377 e. The highest BCUT2D eigenvalue weighted by atomic mass is 16.5. The van der Waals surface area contributed by atoms with E-state index < -0.39 is 0 Å². The quantitative estimate of drug-likeness (QED) is 0.470. The third kappa shape index (κ3) is 0.929. The van der Waals surface area contributed by atoms with E-state index in [2.05, 4.69) is 12.2 Å². The first-order valence-electron chi connectivity index (χ1n) is 7.17. The Labute approximate surface area is 101 Å². The number of ether oxygens (including phenoxy) is 1. The highest BCUT2D eigenvalue weighted by Crippen LogP contribution is 2.68. The van der Waals surface area contributed by atoms with Crippen LogP contribution in [0.5, 0.6) is 0 Å². The Balaban J connectivity index is 1.59. The van der Waals surface area contributed by atoms with Crippen molar-refractivity contribution in [1.29, 1.82) is 0 Å². The van der Waals surface area contributed by atoms with Crippen molar-refractivity contribution in [2.24, 2.45) is 41.4 Å². The highest BCUT2D eigenvalue weighted by Gasteiger charge is 2.66. The van der Waals surface area contributed by atoms with Crippen LogP contribution in [-0.2, 0) is 9.53 Å². The molecule has 0 spiro atoms. The fraction of sp³-hybridized carbons (Fsp3) is 0.800. The second-order valence-corrected chi connectivity index (χ2v) is 6.74. The maximum Gasteiger partial charge on any atom is 0.141 e. The standard InChI is InChI=1S/C15H18O2/c16-11-3-4-17-15-10-6-9(14(11)15)12-7-1-2-8(5-7)13(10)12/h1-2,7-10,12-15H,3-6H2. The molecule has 3 saturated carbocycles. The lowest BCUT2D eigenvalue weighted by Gasteiger charge is -2.43. The largest absolute Gasteiger partial charge is 0.377 e. The molecule has 1 saturated heterocycles. The van der Waals surface area contributed by atoms with Gasteiger partial charge in [0.25, 0.3) is 0 Å². The molecule has 0 aromatic carbocycles. The molecule has 4 aliphatic carbocycles. The third-order valence-corrected chi connectivity index (χ3v) is 6.38. The van der Waals surface area contributed by atoms with Gasteiger partial charge in [-0.25, -0.2) is 0 Å². The summed E-state index contributed by atoms with van der Waals surface area (Å²) < 4.78 is 5.98. The van der Waals surface area contributed by atoms with E-state index >= 15 is 0 Å². The minimum atomic E-state index is 0.280. The zero-order valence-electron chi connectivity index (χ0n) is 9.92. The summed E-state index contributed by atoms with van der Waals surface area (Å²) in [5, 5.41) is 0. The fourth-order valence-electron chi connectivity index (χ4n) is 6.09. The van der Waals surface area contributed by atoms with E-state index in [1.807, 2.05) is 0 Å². The Morgan fingerprint density at radius 2 is 1.82 bits per heavy atom. The van der Waals surface area contributed by atoms with Gasteiger partial charge >= 0.3 is 0 Å². The van der Waals surface area contributed by atoms with Crippen LogP contribution in [0.15, 0.2) is 12.2 Å². The molecule has 8 unspecified atom stereocenters. The Bertz CT molecular complexity index is 427. The van der Waals surface area contributed by atoms with Gasteiger partial charge in [0.15, 0.2) is 0 Å². The van der Waals surface area contributed by atoms with Crippen molar-refractivity contribution in [2.75, 3.05) is 6.61 Å². The number of hydrogen-bond acceptors (Lipinski definition) is 2. The molecule has 2 nitrogen and oxygen atoms in total. The summed E-state index contributed by atoms with van der Waals surface area (Å²) in [6.45, 7) is 0.685. The summed E-state index contributed by atoms with van der Waals surface area (Å²) in [6, 6.07) is 0. The topological polar surface area (TPSA) is 26.3 Å². The number of ketones is 1. The first-order valence-corrected chi connectivity index (χ1v) is 7.17. The number of carbonyl (C=O) groups is 1. The molecular formula is C15H18O2. The molecule has 0 radical (unpaired) electrons. The van der Waals surface area contributed by atoms with Crippen LogP contribution in [0.4, 0.5) is 0 Å². The maximum absolute atomic E-state index is 12.2. The van der Waals surface area contributed by atoms with Gasteiger partial charge in [0, 0.05) is 12.3 Å². The van der Waals surface area contributed by atoms with E-state index in [9.17, 15) is 4.79 Å². The van der Waals surface area contributed by atoms with Crippen LogP contribution in [0.25, 0.3) is 0 Å². The first-order chi connectivity index (χ1) is 8.34. The highest BCUT2D eigenvalue weighted by molar-refractivity contribution is 5.83. The molecule has 0 N–H and O–H groups in total. The predicted octanol–water partition coefficient (Wildman–Crippen LogP) is 2.05. The van der Waals surface area contributed by atoms with Gasteiger partial charge in [-0.2, -0.15) is 0 Å². The second-order valence-electron chi connectivity index (χ2n) is 6.74. The van der Waals surface area contributed by atoms with Crippen LogP contribution >= 0.6 is 0 Å². The van der Waals surface area contributed by atoms with Crippen LogP contribution in [0.3, 0.4) is 0 Å². The molecule has 0 amide bonds. The summed E-state index contributed by atoms with van der Waals surface area (Å²) in [5.74, 6) is 5.49. The predicted molar refractivity (Wildman–Crippen MR) is 62.2 cm³/mol. The van der Waals surface area contributed by atoms with Gasteiger partial charge in [0.05, 0.1) is 12.7 Å². The molecule has 17 heavy (non-hydrogen) atoms. The normalized spacial score (nSPS) is 62.0. The summed E-state index contributed by atoms with van der Waals surface area (Å²) in [6.07, 6.45) is 8.52. The fourth-order valence-corrected chi connectivity index (χ4v) is 6.09. The van der Waals surface area contributed by atoms with E-state index in [4.69, 9.17) is 4.74 Å². The van der Waals surface area contributed by atoms with Crippen molar-refractivity contribution in [3.05, 3.63) is 12.2 Å². The number of allylic oxidation sites excluding steroid dienone is 2. The van der Waals surface area contributed by atoms with Crippen LogP contribution in [-0.4, -0.2) is 18.5 Å². The Morgan fingerprint density at radius 1 is 1.06 bits per heavy atom. The molecule has 8 atom stereocenters. The minimum absolute atomic E-state index is 0.280. The van der Waals surface area contributed by atoms with E-state index in [0.29, 0.717) is 36.8 Å². The second kappa shape index (κ2) is 2.85. The zero-order chi connectivity index (χ0) is 11.1. The molecule has 1 heterocycles. The Morgan fingerprint density at radius 3 is 2.65 bits per heavy atom. The summed E-state index contributed by atoms with van der Waals surface area (Å²) in [7, 11) is 0. The maximum atomic E-state index is 12.2. The molecule has 90 valence electrons. The number of fused-ring (bicyclic) bond motifs is 12. The van der Waals surface area contributed by atoms with E-state index in [-0.39, 0.29) is 5.92 Å². The molecule has 0 aromatic heterocycles. The van der Waals surface area contributed by atoms with Crippen molar-refractivity contribution in [2.45, 2.75) is 25.4 Å². The van der Waals surface area contributed by atoms with Crippen LogP contribution < -0.4 is 0 Å². The van der Waals surface area contributed by atoms with Gasteiger partial charge in [0.1, 0.15) is 5.78 Å². The van der Waals surface area contributed by atoms with E-state index in [1.165, 1.54) is 12.8 Å².